The molecule has 0 aliphatic heterocycles. The molecule has 4 heteroatoms. The molecule has 0 aliphatic carbocycles. The fourth-order valence-corrected chi connectivity index (χ4v) is 0.700. The molecule has 0 aliphatic rings. The SMILES string of the molecule is [CH2-]C(=O)O.[CH2-]CNc1ccccc1.[Y]. The first-order valence-electron chi connectivity index (χ1n) is 3.80. The molecule has 1 rings (SSSR count). The van der Waals surface area contributed by atoms with Gasteiger partial charge in [-0.3, -0.25) is 11.7 Å². The largest absolute Gasteiger partial charge is 0.503 e. The Labute approximate surface area is 110 Å². The van der Waals surface area contributed by atoms with Gasteiger partial charge in [0, 0.05) is 38.4 Å². The van der Waals surface area contributed by atoms with E-state index in [0.717, 1.165) is 12.2 Å². The van der Waals surface area contributed by atoms with Crippen LogP contribution in [-0.2, 0) is 37.5 Å². The van der Waals surface area contributed by atoms with E-state index in [0.29, 0.717) is 0 Å². The summed E-state index contributed by atoms with van der Waals surface area (Å²) in [5.74, 6) is -1.08. The number of carbonyl (C=O) groups is 1. The molecule has 0 spiro atoms. The van der Waals surface area contributed by atoms with Gasteiger partial charge in [-0.1, -0.05) is 18.2 Å². The van der Waals surface area contributed by atoms with Crippen LogP contribution in [0.15, 0.2) is 30.3 Å². The van der Waals surface area contributed by atoms with Gasteiger partial charge in [-0.25, -0.2) is 0 Å². The summed E-state index contributed by atoms with van der Waals surface area (Å²) in [7, 11) is 0. The number of anilines is 1. The van der Waals surface area contributed by atoms with Crippen molar-refractivity contribution in [2.75, 3.05) is 11.9 Å². The van der Waals surface area contributed by atoms with E-state index in [2.05, 4.69) is 19.2 Å². The summed E-state index contributed by atoms with van der Waals surface area (Å²) in [5, 5.41) is 10.4. The van der Waals surface area contributed by atoms with E-state index >= 15 is 0 Å². The maximum Gasteiger partial charge on any atom is 0.161 e. The molecule has 14 heavy (non-hydrogen) atoms. The van der Waals surface area contributed by atoms with Crippen molar-refractivity contribution in [3.8, 4) is 0 Å². The van der Waals surface area contributed by atoms with E-state index in [1.54, 1.807) is 0 Å². The van der Waals surface area contributed by atoms with Crippen LogP contribution in [0.2, 0.25) is 0 Å². The Morgan fingerprint density at radius 1 is 1.36 bits per heavy atom. The van der Waals surface area contributed by atoms with Gasteiger partial charge in [-0.15, -0.1) is 6.54 Å². The molecule has 0 saturated heterocycles. The molecule has 0 aromatic heterocycles. The van der Waals surface area contributed by atoms with Gasteiger partial charge in [-0.05, 0) is 12.1 Å². The van der Waals surface area contributed by atoms with Crippen molar-refractivity contribution >= 4 is 11.7 Å². The Bertz CT molecular complexity index is 235. The number of aliphatic carboxylic acids is 1. The molecule has 2 N–H and O–H groups in total. The summed E-state index contributed by atoms with van der Waals surface area (Å²) in [6, 6.07) is 10.0. The summed E-state index contributed by atoms with van der Waals surface area (Å²) >= 11 is 0. The van der Waals surface area contributed by atoms with E-state index in [4.69, 9.17) is 9.90 Å². The maximum absolute atomic E-state index is 8.89. The van der Waals surface area contributed by atoms with Crippen molar-refractivity contribution in [1.82, 2.24) is 0 Å². The van der Waals surface area contributed by atoms with Crippen LogP contribution >= 0.6 is 0 Å². The molecule has 1 radical (unpaired) electrons. The summed E-state index contributed by atoms with van der Waals surface area (Å²) in [4.78, 5) is 8.89. The zero-order valence-corrected chi connectivity index (χ0v) is 10.8. The third-order valence-corrected chi connectivity index (χ3v) is 1.10. The zero-order chi connectivity index (χ0) is 10.1. The van der Waals surface area contributed by atoms with E-state index in [1.165, 1.54) is 0 Å². The van der Waals surface area contributed by atoms with Crippen LogP contribution in [0.4, 0.5) is 5.69 Å². The minimum absolute atomic E-state index is 0. The molecule has 1 aromatic rings. The fraction of sp³-hybridized carbons (Fsp3) is 0.100. The minimum atomic E-state index is -1.08. The molecule has 0 amide bonds. The third-order valence-electron chi connectivity index (χ3n) is 1.10. The van der Waals surface area contributed by atoms with E-state index in [9.17, 15) is 0 Å². The molecule has 0 saturated carbocycles. The second-order valence-electron chi connectivity index (χ2n) is 2.19. The first-order valence-corrected chi connectivity index (χ1v) is 3.80. The topological polar surface area (TPSA) is 49.3 Å². The van der Waals surface area contributed by atoms with Crippen molar-refractivity contribution in [3.05, 3.63) is 44.2 Å². The molecule has 0 heterocycles. The van der Waals surface area contributed by atoms with Gasteiger partial charge in [0.25, 0.3) is 0 Å². The van der Waals surface area contributed by atoms with Crippen molar-refractivity contribution in [2.24, 2.45) is 0 Å². The molecule has 75 valence electrons. The quantitative estimate of drug-likeness (QED) is 0.804. The molecule has 0 fully saturated rings. The summed E-state index contributed by atoms with van der Waals surface area (Å²) in [6.07, 6.45) is 0. The Balaban J connectivity index is 0. The smallest absolute Gasteiger partial charge is 0.161 e. The Morgan fingerprint density at radius 3 is 2.14 bits per heavy atom. The number of carboxylic acid groups (broad SMARTS) is 1. The number of rotatable bonds is 2. The average molecular weight is 268 g/mol. The molecule has 1 aromatic carbocycles. The van der Waals surface area contributed by atoms with E-state index in [1.807, 2.05) is 30.3 Å². The second kappa shape index (κ2) is 10.5. The summed E-state index contributed by atoms with van der Waals surface area (Å²) in [6.45, 7) is 6.97. The van der Waals surface area contributed by atoms with E-state index < -0.39 is 5.97 Å². The molecule has 0 unspecified atom stereocenters. The summed E-state index contributed by atoms with van der Waals surface area (Å²) < 4.78 is 0. The summed E-state index contributed by atoms with van der Waals surface area (Å²) in [5.41, 5.74) is 1.13. The Morgan fingerprint density at radius 2 is 1.79 bits per heavy atom. The molecule has 3 nitrogen and oxygen atoms in total. The number of benzene rings is 1. The van der Waals surface area contributed by atoms with Crippen LogP contribution in [0.1, 0.15) is 0 Å². The van der Waals surface area contributed by atoms with Gasteiger partial charge in [-0.2, -0.15) is 0 Å². The number of nitrogens with one attached hydrogen (secondary N) is 1. The van der Waals surface area contributed by atoms with Crippen molar-refractivity contribution < 1.29 is 42.6 Å². The van der Waals surface area contributed by atoms with Crippen LogP contribution in [0, 0.1) is 13.8 Å². The van der Waals surface area contributed by atoms with Crippen molar-refractivity contribution in [2.45, 2.75) is 0 Å². The van der Waals surface area contributed by atoms with Gasteiger partial charge in [0.15, 0.2) is 5.97 Å². The molecular weight excluding hydrogens is 255 g/mol. The van der Waals surface area contributed by atoms with Gasteiger partial charge >= 0.3 is 0 Å². The Kier molecular flexibility index (Phi) is 12.0. The van der Waals surface area contributed by atoms with Crippen molar-refractivity contribution in [3.63, 3.8) is 0 Å². The first kappa shape index (κ1) is 15.9. The Hall–Kier alpha value is -0.536. The minimum Gasteiger partial charge on any atom is -0.503 e. The van der Waals surface area contributed by atoms with Crippen LogP contribution in [0.5, 0.6) is 0 Å². The predicted molar refractivity (Wildman–Crippen MR) is 53.3 cm³/mol. The van der Waals surface area contributed by atoms with Crippen molar-refractivity contribution in [1.29, 1.82) is 0 Å². The van der Waals surface area contributed by atoms with Gasteiger partial charge in [0.05, 0.1) is 0 Å². The predicted octanol–water partition coefficient (Wildman–Crippen LogP) is 1.84. The van der Waals surface area contributed by atoms with Gasteiger partial charge < -0.3 is 17.3 Å². The fourth-order valence-electron chi connectivity index (χ4n) is 0.700. The van der Waals surface area contributed by atoms with Gasteiger partial charge in [0.1, 0.15) is 0 Å². The number of para-hydroxylation sites is 1. The monoisotopic (exact) mass is 268 g/mol. The number of hydrogen-bond donors (Lipinski definition) is 2. The van der Waals surface area contributed by atoms with Crippen LogP contribution in [0.3, 0.4) is 0 Å². The third kappa shape index (κ3) is 11.5. The van der Waals surface area contributed by atoms with Crippen LogP contribution < -0.4 is 5.32 Å². The number of carboxylic acids is 1. The second-order valence-corrected chi connectivity index (χ2v) is 2.19. The van der Waals surface area contributed by atoms with E-state index in [-0.39, 0.29) is 32.7 Å². The zero-order valence-electron chi connectivity index (χ0n) is 7.94. The molecule has 0 atom stereocenters. The van der Waals surface area contributed by atoms with Crippen LogP contribution in [0.25, 0.3) is 0 Å². The maximum atomic E-state index is 8.89. The first-order chi connectivity index (χ1) is 6.16. The molecular formula is C10H13NO2Y-2. The number of hydrogen-bond acceptors (Lipinski definition) is 2. The standard InChI is InChI=1S/C8H10N.C2H3O2.Y/c1-2-9-8-6-4-3-5-7-8;1-2(3)4;/h3-7,9H,1-2H2;1H2,(H,3,4);/q2*-1;. The normalized spacial score (nSPS) is 7.50. The molecule has 0 bridgehead atoms. The van der Waals surface area contributed by atoms with Crippen LogP contribution in [-0.4, -0.2) is 17.6 Å². The van der Waals surface area contributed by atoms with Gasteiger partial charge in [0.2, 0.25) is 0 Å². The average Bonchev–Trinajstić information content (AvgIpc) is 2.06.